The second-order valence-corrected chi connectivity index (χ2v) is 8.35. The van der Waals surface area contributed by atoms with E-state index >= 15 is 0 Å². The summed E-state index contributed by atoms with van der Waals surface area (Å²) in [6.07, 6.45) is 1.13. The monoisotopic (exact) mass is 266 g/mol. The van der Waals surface area contributed by atoms with Gasteiger partial charge in [-0.25, -0.2) is 0 Å². The van der Waals surface area contributed by atoms with Crippen molar-refractivity contribution in [1.29, 1.82) is 0 Å². The van der Waals surface area contributed by atoms with Gasteiger partial charge < -0.3 is 4.74 Å². The Labute approximate surface area is 120 Å². The van der Waals surface area contributed by atoms with Crippen molar-refractivity contribution < 1.29 is 4.74 Å². The molecule has 0 spiro atoms. The van der Waals surface area contributed by atoms with Crippen molar-refractivity contribution in [3.63, 3.8) is 0 Å². The number of fused-ring (bicyclic) bond motifs is 1. The highest BCUT2D eigenvalue weighted by Gasteiger charge is 2.61. The van der Waals surface area contributed by atoms with Gasteiger partial charge in [-0.3, -0.25) is 0 Å². The summed E-state index contributed by atoms with van der Waals surface area (Å²) in [4.78, 5) is 0. The lowest BCUT2D eigenvalue weighted by Gasteiger charge is -2.48. The normalized spacial score (nSPS) is 42.3. The van der Waals surface area contributed by atoms with E-state index in [0.29, 0.717) is 12.2 Å². The highest BCUT2D eigenvalue weighted by atomic mass is 16.6. The van der Waals surface area contributed by atoms with E-state index in [4.69, 9.17) is 4.74 Å². The lowest BCUT2D eigenvalue weighted by molar-refractivity contribution is 0.00765. The summed E-state index contributed by atoms with van der Waals surface area (Å²) in [5.41, 5.74) is 0. The maximum absolute atomic E-state index is 6.19. The third kappa shape index (κ3) is 2.60. The number of hydrogen-bond donors (Lipinski definition) is 0. The average molecular weight is 266 g/mol. The number of hydrogen-bond acceptors (Lipinski definition) is 1. The van der Waals surface area contributed by atoms with Crippen LogP contribution >= 0.6 is 0 Å². The van der Waals surface area contributed by atoms with Crippen molar-refractivity contribution in [2.24, 2.45) is 47.3 Å². The minimum absolute atomic E-state index is 0.565. The van der Waals surface area contributed by atoms with Crippen LogP contribution in [0.2, 0.25) is 0 Å². The Morgan fingerprint density at radius 1 is 0.474 bits per heavy atom. The molecular weight excluding hydrogens is 232 g/mol. The van der Waals surface area contributed by atoms with Crippen LogP contribution in [-0.2, 0) is 4.74 Å². The first kappa shape index (κ1) is 15.4. The molecule has 2 aliphatic rings. The zero-order chi connectivity index (χ0) is 14.5. The van der Waals surface area contributed by atoms with Crippen LogP contribution in [0.4, 0.5) is 0 Å². The fourth-order valence-electron chi connectivity index (χ4n) is 5.13. The molecule has 0 aromatic carbocycles. The predicted molar refractivity (Wildman–Crippen MR) is 82.0 cm³/mol. The van der Waals surface area contributed by atoms with Crippen LogP contribution in [0.3, 0.4) is 0 Å². The highest BCUT2D eigenvalue weighted by molar-refractivity contribution is 5.08. The fraction of sp³-hybridized carbons (Fsp3) is 1.00. The molecule has 0 N–H and O–H groups in total. The van der Waals surface area contributed by atoms with E-state index in [2.05, 4.69) is 55.4 Å². The Kier molecular flexibility index (Phi) is 4.35. The highest BCUT2D eigenvalue weighted by Crippen LogP contribution is 2.58. The van der Waals surface area contributed by atoms with Gasteiger partial charge in [0.05, 0.1) is 12.2 Å². The zero-order valence-electron chi connectivity index (χ0n) is 14.2. The van der Waals surface area contributed by atoms with Crippen LogP contribution in [0.25, 0.3) is 0 Å². The number of ether oxygens (including phenoxy) is 1. The second kappa shape index (κ2) is 5.39. The molecular formula is C18H34O. The minimum Gasteiger partial charge on any atom is -0.369 e. The van der Waals surface area contributed by atoms with E-state index in [-0.39, 0.29) is 0 Å². The van der Waals surface area contributed by atoms with Gasteiger partial charge in [0.25, 0.3) is 0 Å². The Bertz CT molecular complexity index is 275. The SMILES string of the molecule is CC(C)C1C(C(C)C)C(C(C)C)[C@@H]2O[C@@H]2C1C(C)C. The molecule has 1 nitrogen and oxygen atoms in total. The molecule has 19 heavy (non-hydrogen) atoms. The molecule has 0 radical (unpaired) electrons. The molecule has 1 aliphatic heterocycles. The molecule has 1 heteroatoms. The average Bonchev–Trinajstić information content (AvgIpc) is 3.03. The van der Waals surface area contributed by atoms with Gasteiger partial charge in [-0.15, -0.1) is 0 Å². The Balaban J connectivity index is 2.35. The summed E-state index contributed by atoms with van der Waals surface area (Å²) in [5, 5.41) is 0. The molecule has 0 aromatic heterocycles. The van der Waals surface area contributed by atoms with Crippen molar-refractivity contribution in [2.45, 2.75) is 67.6 Å². The first-order chi connectivity index (χ1) is 8.77. The smallest absolute Gasteiger partial charge is 0.0878 e. The van der Waals surface area contributed by atoms with Crippen LogP contribution in [-0.4, -0.2) is 12.2 Å². The minimum atomic E-state index is 0.565. The van der Waals surface area contributed by atoms with E-state index in [1.54, 1.807) is 0 Å². The van der Waals surface area contributed by atoms with Crippen LogP contribution < -0.4 is 0 Å². The zero-order valence-corrected chi connectivity index (χ0v) is 14.2. The number of epoxide rings is 1. The first-order valence-corrected chi connectivity index (χ1v) is 8.42. The largest absolute Gasteiger partial charge is 0.369 e. The summed E-state index contributed by atoms with van der Waals surface area (Å²) < 4.78 is 6.19. The summed E-state index contributed by atoms with van der Waals surface area (Å²) in [6, 6.07) is 0. The van der Waals surface area contributed by atoms with Gasteiger partial charge >= 0.3 is 0 Å². The van der Waals surface area contributed by atoms with E-state index in [1.165, 1.54) is 0 Å². The molecule has 0 amide bonds. The van der Waals surface area contributed by atoms with Crippen molar-refractivity contribution >= 4 is 0 Å². The van der Waals surface area contributed by atoms with E-state index < -0.39 is 0 Å². The maximum Gasteiger partial charge on any atom is 0.0878 e. The van der Waals surface area contributed by atoms with Gasteiger partial charge in [-0.05, 0) is 47.3 Å². The van der Waals surface area contributed by atoms with Gasteiger partial charge in [0, 0.05) is 0 Å². The van der Waals surface area contributed by atoms with E-state index in [0.717, 1.165) is 47.3 Å². The number of rotatable bonds is 4. The molecule has 1 saturated carbocycles. The Morgan fingerprint density at radius 2 is 0.737 bits per heavy atom. The Hall–Kier alpha value is -0.0400. The second-order valence-electron chi connectivity index (χ2n) is 8.35. The summed E-state index contributed by atoms with van der Waals surface area (Å²) in [7, 11) is 0. The van der Waals surface area contributed by atoms with Crippen LogP contribution in [0.15, 0.2) is 0 Å². The molecule has 4 unspecified atom stereocenters. The van der Waals surface area contributed by atoms with Gasteiger partial charge in [0.2, 0.25) is 0 Å². The van der Waals surface area contributed by atoms with Gasteiger partial charge in [0.1, 0.15) is 0 Å². The van der Waals surface area contributed by atoms with Crippen LogP contribution in [0, 0.1) is 47.3 Å². The lowest BCUT2D eigenvalue weighted by Crippen LogP contribution is -2.48. The lowest BCUT2D eigenvalue weighted by atomic mass is 9.55. The molecule has 6 atom stereocenters. The quantitative estimate of drug-likeness (QED) is 0.662. The molecule has 2 rings (SSSR count). The van der Waals surface area contributed by atoms with Crippen LogP contribution in [0.1, 0.15) is 55.4 Å². The van der Waals surface area contributed by atoms with Gasteiger partial charge in [-0.2, -0.15) is 0 Å². The van der Waals surface area contributed by atoms with Gasteiger partial charge in [-0.1, -0.05) is 55.4 Å². The fourth-order valence-corrected chi connectivity index (χ4v) is 5.13. The summed E-state index contributed by atoms with van der Waals surface area (Å²) in [5.74, 6) is 6.23. The van der Waals surface area contributed by atoms with Crippen molar-refractivity contribution in [1.82, 2.24) is 0 Å². The molecule has 2 fully saturated rings. The summed E-state index contributed by atoms with van der Waals surface area (Å²) >= 11 is 0. The van der Waals surface area contributed by atoms with Crippen LogP contribution in [0.5, 0.6) is 0 Å². The maximum atomic E-state index is 6.19. The van der Waals surface area contributed by atoms with Crippen molar-refractivity contribution in [3.05, 3.63) is 0 Å². The molecule has 0 bridgehead atoms. The predicted octanol–water partition coefficient (Wildman–Crippen LogP) is 4.86. The third-order valence-corrected chi connectivity index (χ3v) is 5.73. The first-order valence-electron chi connectivity index (χ1n) is 8.42. The van der Waals surface area contributed by atoms with Gasteiger partial charge in [0.15, 0.2) is 0 Å². The standard InChI is InChI=1S/C18H34O/c1-9(2)13-14(10(3)4)16(12(7)8)18-17(19-18)15(13)11(5)6/h9-18H,1-8H3/t13?,14?,15?,16?,17-,18+. The van der Waals surface area contributed by atoms with Crippen molar-refractivity contribution in [3.8, 4) is 0 Å². The van der Waals surface area contributed by atoms with E-state index in [9.17, 15) is 0 Å². The summed E-state index contributed by atoms with van der Waals surface area (Å²) in [6.45, 7) is 19.3. The molecule has 0 aromatic rings. The van der Waals surface area contributed by atoms with Crippen molar-refractivity contribution in [2.75, 3.05) is 0 Å². The Morgan fingerprint density at radius 3 is 0.947 bits per heavy atom. The molecule has 112 valence electrons. The topological polar surface area (TPSA) is 12.5 Å². The molecule has 1 aliphatic carbocycles. The molecule has 1 heterocycles. The molecule has 1 saturated heterocycles. The third-order valence-electron chi connectivity index (χ3n) is 5.73. The van der Waals surface area contributed by atoms with E-state index in [1.807, 2.05) is 0 Å².